The van der Waals surface area contributed by atoms with Crippen LogP contribution in [-0.2, 0) is 9.47 Å². The zero-order chi connectivity index (χ0) is 17.0. The van der Waals surface area contributed by atoms with Crippen molar-refractivity contribution in [2.24, 2.45) is 0 Å². The number of nitrogens with zero attached hydrogens (tertiary/aromatic N) is 3. The smallest absolute Gasteiger partial charge is 0.172 e. The van der Waals surface area contributed by atoms with Gasteiger partial charge in [-0.05, 0) is 6.92 Å². The first kappa shape index (κ1) is 17.2. The Morgan fingerprint density at radius 2 is 2.26 bits per heavy atom. The average molecular weight is 320 g/mol. The van der Waals surface area contributed by atoms with Gasteiger partial charge in [0, 0.05) is 12.7 Å². The molecule has 23 heavy (non-hydrogen) atoms. The minimum atomic E-state index is -1.23. The molecular formula is C15H20N4O4. The van der Waals surface area contributed by atoms with Gasteiger partial charge in [0.2, 0.25) is 0 Å². The van der Waals surface area contributed by atoms with E-state index >= 15 is 0 Å². The lowest BCUT2D eigenvalue weighted by atomic mass is 10.1. The number of nitrogen functional groups attached to an aromatic ring is 1. The van der Waals surface area contributed by atoms with Gasteiger partial charge in [-0.15, -0.1) is 0 Å². The van der Waals surface area contributed by atoms with Crippen LogP contribution in [0.15, 0.2) is 12.9 Å². The zero-order valence-electron chi connectivity index (χ0n) is 12.8. The molecule has 1 fully saturated rings. The summed E-state index contributed by atoms with van der Waals surface area (Å²) in [5.74, 6) is 0.465. The summed E-state index contributed by atoms with van der Waals surface area (Å²) in [6, 6.07) is 2.39. The molecule has 8 heteroatoms. The molecule has 1 aromatic rings. The van der Waals surface area contributed by atoms with E-state index in [0.29, 0.717) is 12.2 Å². The molecule has 1 aliphatic heterocycles. The largest absolute Gasteiger partial charge is 0.387 e. The monoisotopic (exact) mass is 320 g/mol. The highest BCUT2D eigenvalue weighted by Crippen LogP contribution is 2.30. The van der Waals surface area contributed by atoms with Gasteiger partial charge in [-0.2, -0.15) is 0 Å². The van der Waals surface area contributed by atoms with Crippen molar-refractivity contribution < 1.29 is 19.7 Å². The summed E-state index contributed by atoms with van der Waals surface area (Å²) >= 11 is 0. The van der Waals surface area contributed by atoms with E-state index in [1.165, 1.54) is 17.3 Å². The number of hydrogen-bond acceptors (Lipinski definition) is 8. The first-order valence-electron chi connectivity index (χ1n) is 7.12. The van der Waals surface area contributed by atoms with Crippen molar-refractivity contribution in [3.05, 3.63) is 18.5 Å². The lowest BCUT2D eigenvalue weighted by Gasteiger charge is -2.27. The summed E-state index contributed by atoms with van der Waals surface area (Å²) in [6.07, 6.45) is 4.21. The highest BCUT2D eigenvalue weighted by atomic mass is 16.6. The first-order chi connectivity index (χ1) is 11.0. The van der Waals surface area contributed by atoms with Crippen LogP contribution in [0, 0.1) is 12.5 Å². The second kappa shape index (κ2) is 7.39. The molecule has 0 amide bonds. The van der Waals surface area contributed by atoms with Crippen LogP contribution >= 0.6 is 0 Å². The maximum absolute atomic E-state index is 10.3. The van der Waals surface area contributed by atoms with Gasteiger partial charge >= 0.3 is 0 Å². The van der Waals surface area contributed by atoms with Gasteiger partial charge in [-0.25, -0.2) is 9.97 Å². The van der Waals surface area contributed by atoms with E-state index in [1.807, 2.05) is 6.92 Å². The fraction of sp³-hybridized carbons (Fsp3) is 0.467. The average Bonchev–Trinajstić information content (AvgIpc) is 2.82. The Morgan fingerprint density at radius 3 is 2.87 bits per heavy atom. The summed E-state index contributed by atoms with van der Waals surface area (Å²) < 4.78 is 10.9. The van der Waals surface area contributed by atoms with Crippen molar-refractivity contribution in [1.29, 1.82) is 0 Å². The van der Waals surface area contributed by atoms with E-state index in [4.69, 9.17) is 21.6 Å². The highest BCUT2D eigenvalue weighted by Gasteiger charge is 2.46. The van der Waals surface area contributed by atoms with Gasteiger partial charge in [-0.3, -0.25) is 4.90 Å². The lowest BCUT2D eigenvalue weighted by molar-refractivity contribution is -0.0403. The molecule has 0 saturated carbocycles. The molecule has 1 aliphatic rings. The van der Waals surface area contributed by atoms with Crippen molar-refractivity contribution in [2.75, 3.05) is 23.8 Å². The number of anilines is 2. The first-order valence-corrected chi connectivity index (χ1v) is 7.12. The SMILES string of the molecule is C#CN(c1ncnc(N)c1C=C)C1OC(COCC)C(O)C1O. The standard InChI is InChI=1S/C15H20N4O4/c1-4-9-13(16)17-8-18-14(9)19(5-2)15-12(21)11(20)10(23-15)7-22-6-3/h2,4,8,10-12,15,20-21H,1,6-7H2,3H3,(H2,16,17,18). The van der Waals surface area contributed by atoms with Crippen LogP contribution in [0.4, 0.5) is 11.6 Å². The van der Waals surface area contributed by atoms with Crippen LogP contribution in [0.5, 0.6) is 0 Å². The van der Waals surface area contributed by atoms with Gasteiger partial charge < -0.3 is 25.4 Å². The van der Waals surface area contributed by atoms with E-state index in [-0.39, 0.29) is 18.2 Å². The van der Waals surface area contributed by atoms with Crippen molar-refractivity contribution in [1.82, 2.24) is 9.97 Å². The Labute approximate surface area is 134 Å². The third-order valence-corrected chi connectivity index (χ3v) is 3.54. The Bertz CT molecular complexity index is 604. The van der Waals surface area contributed by atoms with Crippen LogP contribution in [0.1, 0.15) is 12.5 Å². The Morgan fingerprint density at radius 1 is 1.52 bits per heavy atom. The Hall–Kier alpha value is -2.18. The summed E-state index contributed by atoms with van der Waals surface area (Å²) in [6.45, 7) is 6.09. The maximum Gasteiger partial charge on any atom is 0.172 e. The van der Waals surface area contributed by atoms with E-state index < -0.39 is 24.5 Å². The molecule has 2 rings (SSSR count). The minimum absolute atomic E-state index is 0.143. The predicted molar refractivity (Wildman–Crippen MR) is 85.0 cm³/mol. The lowest BCUT2D eigenvalue weighted by Crippen LogP contribution is -2.42. The van der Waals surface area contributed by atoms with Crippen molar-refractivity contribution in [3.8, 4) is 12.5 Å². The van der Waals surface area contributed by atoms with E-state index in [0.717, 1.165) is 0 Å². The highest BCUT2D eigenvalue weighted by molar-refractivity contribution is 5.73. The number of nitrogens with two attached hydrogens (primary N) is 1. The molecular weight excluding hydrogens is 300 g/mol. The molecule has 8 nitrogen and oxygen atoms in total. The molecule has 4 unspecified atom stereocenters. The fourth-order valence-corrected chi connectivity index (χ4v) is 2.36. The molecule has 1 saturated heterocycles. The summed E-state index contributed by atoms with van der Waals surface area (Å²) in [5, 5.41) is 20.4. The van der Waals surface area contributed by atoms with Crippen molar-refractivity contribution >= 4 is 17.7 Å². The quantitative estimate of drug-likeness (QED) is 0.478. The third-order valence-electron chi connectivity index (χ3n) is 3.54. The van der Waals surface area contributed by atoms with Crippen molar-refractivity contribution in [2.45, 2.75) is 31.5 Å². The van der Waals surface area contributed by atoms with Gasteiger partial charge in [0.15, 0.2) is 12.0 Å². The fourth-order valence-electron chi connectivity index (χ4n) is 2.36. The predicted octanol–water partition coefficient (Wildman–Crippen LogP) is -0.418. The molecule has 124 valence electrons. The number of aliphatic hydroxyl groups is 2. The molecule has 1 aromatic heterocycles. The van der Waals surface area contributed by atoms with Gasteiger partial charge in [0.25, 0.3) is 0 Å². The van der Waals surface area contributed by atoms with Crippen molar-refractivity contribution in [3.63, 3.8) is 0 Å². The maximum atomic E-state index is 10.3. The number of aliphatic hydroxyl groups excluding tert-OH is 2. The Balaban J connectivity index is 2.30. The molecule has 4 N–H and O–H groups in total. The molecule has 0 radical (unpaired) electrons. The number of ether oxygens (including phenoxy) is 2. The van der Waals surface area contributed by atoms with Crippen LogP contribution < -0.4 is 10.6 Å². The topological polar surface area (TPSA) is 114 Å². The van der Waals surface area contributed by atoms with Crippen LogP contribution in [0.2, 0.25) is 0 Å². The normalized spacial score (nSPS) is 26.7. The van der Waals surface area contributed by atoms with Crippen LogP contribution in [-0.4, -0.2) is 57.9 Å². The molecule has 0 aromatic carbocycles. The number of aromatic nitrogens is 2. The molecule has 2 heterocycles. The van der Waals surface area contributed by atoms with E-state index in [2.05, 4.69) is 22.6 Å². The van der Waals surface area contributed by atoms with Gasteiger partial charge in [0.05, 0.1) is 12.2 Å². The second-order valence-electron chi connectivity index (χ2n) is 4.91. The Kier molecular flexibility index (Phi) is 5.52. The molecule has 4 atom stereocenters. The zero-order valence-corrected chi connectivity index (χ0v) is 12.8. The molecule has 0 aliphatic carbocycles. The minimum Gasteiger partial charge on any atom is -0.387 e. The summed E-state index contributed by atoms with van der Waals surface area (Å²) in [5.41, 5.74) is 6.21. The third kappa shape index (κ3) is 3.28. The summed E-state index contributed by atoms with van der Waals surface area (Å²) in [7, 11) is 0. The van der Waals surface area contributed by atoms with E-state index in [9.17, 15) is 10.2 Å². The second-order valence-corrected chi connectivity index (χ2v) is 4.91. The van der Waals surface area contributed by atoms with E-state index in [1.54, 1.807) is 0 Å². The van der Waals surface area contributed by atoms with Gasteiger partial charge in [-0.1, -0.05) is 19.1 Å². The van der Waals surface area contributed by atoms with Crippen LogP contribution in [0.3, 0.4) is 0 Å². The molecule has 0 bridgehead atoms. The van der Waals surface area contributed by atoms with Gasteiger partial charge in [0.1, 0.15) is 30.5 Å². The summed E-state index contributed by atoms with van der Waals surface area (Å²) in [4.78, 5) is 9.22. The number of terminal acetylenes is 1. The molecule has 0 spiro atoms. The number of hydrogen-bond donors (Lipinski definition) is 3. The van der Waals surface area contributed by atoms with Crippen LogP contribution in [0.25, 0.3) is 6.08 Å². The number of rotatable bonds is 6.